The van der Waals surface area contributed by atoms with Gasteiger partial charge in [-0.05, 0) is 51.3 Å². The van der Waals surface area contributed by atoms with Gasteiger partial charge in [-0.1, -0.05) is 28.1 Å². The van der Waals surface area contributed by atoms with Crippen molar-refractivity contribution in [3.63, 3.8) is 0 Å². The Hall–Kier alpha value is -0.830. The van der Waals surface area contributed by atoms with Gasteiger partial charge in [0.1, 0.15) is 0 Å². The molecule has 0 bridgehead atoms. The number of hydrogen-bond acceptors (Lipinski definition) is 1. The van der Waals surface area contributed by atoms with Crippen LogP contribution >= 0.6 is 15.9 Å². The van der Waals surface area contributed by atoms with Gasteiger partial charge in [0.2, 0.25) is 5.91 Å². The van der Waals surface area contributed by atoms with Gasteiger partial charge < -0.3 is 5.32 Å². The normalized spacial score (nSPS) is 17.6. The van der Waals surface area contributed by atoms with Crippen LogP contribution in [0.1, 0.15) is 39.2 Å². The Kier molecular flexibility index (Phi) is 3.06. The first kappa shape index (κ1) is 12.6. The molecular formula is C14H18BrNO. The maximum Gasteiger partial charge on any atom is 0.231 e. The smallest absolute Gasteiger partial charge is 0.231 e. The zero-order valence-electron chi connectivity index (χ0n) is 10.5. The number of carbonyl (C=O) groups is 1. The summed E-state index contributed by atoms with van der Waals surface area (Å²) in [5, 5.41) is 3.08. The van der Waals surface area contributed by atoms with Gasteiger partial charge in [0.05, 0.1) is 5.41 Å². The molecule has 17 heavy (non-hydrogen) atoms. The van der Waals surface area contributed by atoms with Crippen LogP contribution in [0.3, 0.4) is 0 Å². The highest BCUT2D eigenvalue weighted by Gasteiger charge is 2.51. The van der Waals surface area contributed by atoms with Gasteiger partial charge in [0.15, 0.2) is 0 Å². The number of benzene rings is 1. The highest BCUT2D eigenvalue weighted by molar-refractivity contribution is 9.10. The third-order valence-electron chi connectivity index (χ3n) is 3.07. The summed E-state index contributed by atoms with van der Waals surface area (Å²) in [5.74, 6) is 0.160. The molecule has 2 rings (SSSR count). The molecule has 0 spiro atoms. The molecule has 1 aromatic rings. The van der Waals surface area contributed by atoms with E-state index in [9.17, 15) is 4.79 Å². The van der Waals surface area contributed by atoms with Crippen molar-refractivity contribution in [3.05, 3.63) is 34.3 Å². The lowest BCUT2D eigenvalue weighted by Crippen LogP contribution is -2.46. The van der Waals surface area contributed by atoms with Gasteiger partial charge in [0, 0.05) is 10.0 Å². The number of rotatable bonds is 2. The van der Waals surface area contributed by atoms with Gasteiger partial charge in [0.25, 0.3) is 0 Å². The molecule has 1 aliphatic carbocycles. The van der Waals surface area contributed by atoms with Crippen LogP contribution in [0.25, 0.3) is 0 Å². The molecule has 1 aromatic carbocycles. The molecule has 0 radical (unpaired) electrons. The molecular weight excluding hydrogens is 278 g/mol. The summed E-state index contributed by atoms with van der Waals surface area (Å²) < 4.78 is 1.05. The fourth-order valence-electron chi connectivity index (χ4n) is 2.00. The van der Waals surface area contributed by atoms with Gasteiger partial charge >= 0.3 is 0 Å². The van der Waals surface area contributed by atoms with Crippen molar-refractivity contribution >= 4 is 21.8 Å². The molecule has 1 N–H and O–H groups in total. The van der Waals surface area contributed by atoms with Crippen molar-refractivity contribution in [2.45, 2.75) is 44.6 Å². The second-order valence-electron chi connectivity index (χ2n) is 5.79. The van der Waals surface area contributed by atoms with E-state index in [0.29, 0.717) is 0 Å². The molecule has 0 atom stereocenters. The lowest BCUT2D eigenvalue weighted by Gasteiger charge is -2.25. The zero-order valence-corrected chi connectivity index (χ0v) is 12.1. The Labute approximate surface area is 111 Å². The Bertz CT molecular complexity index is 427. The maximum atomic E-state index is 12.3. The Balaban J connectivity index is 2.20. The molecule has 0 unspecified atom stereocenters. The summed E-state index contributed by atoms with van der Waals surface area (Å²) in [7, 11) is 0. The molecule has 0 saturated heterocycles. The molecule has 1 fully saturated rings. The summed E-state index contributed by atoms with van der Waals surface area (Å²) in [6.45, 7) is 6.05. The molecule has 3 heteroatoms. The van der Waals surface area contributed by atoms with E-state index in [1.807, 2.05) is 45.0 Å². The first-order valence-corrected chi connectivity index (χ1v) is 6.71. The highest BCUT2D eigenvalue weighted by Crippen LogP contribution is 2.48. The summed E-state index contributed by atoms with van der Waals surface area (Å²) in [6, 6.07) is 8.08. The Morgan fingerprint density at radius 1 is 1.24 bits per heavy atom. The van der Waals surface area contributed by atoms with Crippen LogP contribution in [0.4, 0.5) is 0 Å². The molecule has 0 aromatic heterocycles. The summed E-state index contributed by atoms with van der Waals surface area (Å²) in [5.41, 5.74) is 0.693. The number of nitrogens with one attached hydrogen (secondary N) is 1. The van der Waals surface area contributed by atoms with E-state index in [1.165, 1.54) is 0 Å². The quantitative estimate of drug-likeness (QED) is 0.890. The van der Waals surface area contributed by atoms with E-state index >= 15 is 0 Å². The Morgan fingerprint density at radius 3 is 2.18 bits per heavy atom. The van der Waals surface area contributed by atoms with Crippen molar-refractivity contribution in [1.82, 2.24) is 5.32 Å². The van der Waals surface area contributed by atoms with Crippen molar-refractivity contribution in [2.24, 2.45) is 0 Å². The minimum atomic E-state index is -0.270. The van der Waals surface area contributed by atoms with Crippen molar-refractivity contribution < 1.29 is 4.79 Å². The van der Waals surface area contributed by atoms with E-state index in [0.717, 1.165) is 22.9 Å². The number of halogens is 1. The van der Waals surface area contributed by atoms with Crippen LogP contribution in [0.2, 0.25) is 0 Å². The van der Waals surface area contributed by atoms with Crippen LogP contribution in [-0.2, 0) is 10.2 Å². The highest BCUT2D eigenvalue weighted by atomic mass is 79.9. The lowest BCUT2D eigenvalue weighted by atomic mass is 9.93. The minimum absolute atomic E-state index is 0.160. The fourth-order valence-corrected chi connectivity index (χ4v) is 2.27. The maximum absolute atomic E-state index is 12.3. The van der Waals surface area contributed by atoms with Gasteiger partial charge in [-0.25, -0.2) is 0 Å². The third-order valence-corrected chi connectivity index (χ3v) is 3.60. The molecule has 0 heterocycles. The van der Waals surface area contributed by atoms with E-state index in [2.05, 4.69) is 21.2 Å². The van der Waals surface area contributed by atoms with Gasteiger partial charge in [-0.2, -0.15) is 0 Å². The van der Waals surface area contributed by atoms with Crippen LogP contribution in [-0.4, -0.2) is 11.4 Å². The predicted octanol–water partition coefficient (Wildman–Crippen LogP) is 3.40. The molecule has 0 aliphatic heterocycles. The van der Waals surface area contributed by atoms with Crippen LogP contribution in [0.5, 0.6) is 0 Å². The lowest BCUT2D eigenvalue weighted by molar-refractivity contribution is -0.125. The van der Waals surface area contributed by atoms with E-state index < -0.39 is 0 Å². The first-order valence-electron chi connectivity index (χ1n) is 5.92. The van der Waals surface area contributed by atoms with Crippen molar-refractivity contribution in [2.75, 3.05) is 0 Å². The molecule has 2 nitrogen and oxygen atoms in total. The third kappa shape index (κ3) is 2.71. The monoisotopic (exact) mass is 295 g/mol. The second-order valence-corrected chi connectivity index (χ2v) is 6.71. The van der Waals surface area contributed by atoms with E-state index in [4.69, 9.17) is 0 Å². The van der Waals surface area contributed by atoms with Crippen LogP contribution < -0.4 is 5.32 Å². The molecule has 1 saturated carbocycles. The number of hydrogen-bond donors (Lipinski definition) is 1. The Morgan fingerprint density at radius 2 is 1.76 bits per heavy atom. The van der Waals surface area contributed by atoms with E-state index in [-0.39, 0.29) is 16.9 Å². The van der Waals surface area contributed by atoms with Crippen molar-refractivity contribution in [1.29, 1.82) is 0 Å². The van der Waals surface area contributed by atoms with Gasteiger partial charge in [-0.15, -0.1) is 0 Å². The molecule has 1 amide bonds. The predicted molar refractivity (Wildman–Crippen MR) is 72.9 cm³/mol. The van der Waals surface area contributed by atoms with Crippen molar-refractivity contribution in [3.8, 4) is 0 Å². The molecule has 1 aliphatic rings. The number of carbonyl (C=O) groups excluding carboxylic acids is 1. The van der Waals surface area contributed by atoms with Gasteiger partial charge in [-0.3, -0.25) is 4.79 Å². The average Bonchev–Trinajstić information content (AvgIpc) is 2.97. The SMILES string of the molecule is CC(C)(C)NC(=O)C1(c2ccc(Br)cc2)CC1. The largest absolute Gasteiger partial charge is 0.351 e. The van der Waals surface area contributed by atoms with Crippen LogP contribution in [0.15, 0.2) is 28.7 Å². The summed E-state index contributed by atoms with van der Waals surface area (Å²) in [6.07, 6.45) is 1.91. The average molecular weight is 296 g/mol. The zero-order chi connectivity index (χ0) is 12.7. The number of amides is 1. The van der Waals surface area contributed by atoms with E-state index in [1.54, 1.807) is 0 Å². The second kappa shape index (κ2) is 4.13. The standard InChI is InChI=1S/C14H18BrNO/c1-13(2,3)16-12(17)14(8-9-14)10-4-6-11(15)7-5-10/h4-7H,8-9H2,1-3H3,(H,16,17). The summed E-state index contributed by atoms with van der Waals surface area (Å²) in [4.78, 5) is 12.3. The molecule has 92 valence electrons. The fraction of sp³-hybridized carbons (Fsp3) is 0.500. The first-order chi connectivity index (χ1) is 7.83. The summed E-state index contributed by atoms with van der Waals surface area (Å²) >= 11 is 3.42. The van der Waals surface area contributed by atoms with Crippen LogP contribution in [0, 0.1) is 0 Å². The minimum Gasteiger partial charge on any atom is -0.351 e. The topological polar surface area (TPSA) is 29.1 Å².